The largest absolute Gasteiger partial charge is 0.232 e. The average Bonchev–Trinajstić information content (AvgIpc) is 2.25. The van der Waals surface area contributed by atoms with Crippen LogP contribution in [0.2, 0.25) is 5.15 Å². The molecule has 2 aromatic rings. The van der Waals surface area contributed by atoms with E-state index in [1.54, 1.807) is 0 Å². The summed E-state index contributed by atoms with van der Waals surface area (Å²) >= 11 is 12.8. The zero-order chi connectivity index (χ0) is 12.6. The Hall–Kier alpha value is -0.450. The molecule has 5 heteroatoms. The van der Waals surface area contributed by atoms with Gasteiger partial charge in [0.15, 0.2) is 5.82 Å². The molecule has 88 valence electrons. The quantitative estimate of drug-likeness (QED) is 0.659. The highest BCUT2D eigenvalue weighted by Gasteiger charge is 2.11. The third-order valence-corrected chi connectivity index (χ3v) is 4.35. The Kier molecular flexibility index (Phi) is 3.85. The molecule has 0 saturated heterocycles. The maximum atomic E-state index is 6.05. The number of benzene rings is 1. The van der Waals surface area contributed by atoms with Crippen LogP contribution >= 0.6 is 43.5 Å². The van der Waals surface area contributed by atoms with Crippen molar-refractivity contribution in [2.24, 2.45) is 0 Å². The number of hydrogen-bond acceptors (Lipinski definition) is 2. The molecule has 0 bridgehead atoms. The maximum Gasteiger partial charge on any atom is 0.161 e. The van der Waals surface area contributed by atoms with E-state index in [1.807, 2.05) is 32.0 Å². The summed E-state index contributed by atoms with van der Waals surface area (Å²) in [6.45, 7) is 3.92. The molecular formula is C12H9Br2ClN2. The summed E-state index contributed by atoms with van der Waals surface area (Å²) < 4.78 is 1.79. The number of hydrogen-bond donors (Lipinski definition) is 0. The highest BCUT2D eigenvalue weighted by Crippen LogP contribution is 2.28. The van der Waals surface area contributed by atoms with E-state index in [1.165, 1.54) is 0 Å². The van der Waals surface area contributed by atoms with Gasteiger partial charge in [-0.25, -0.2) is 9.97 Å². The number of halogens is 3. The fraction of sp³-hybridized carbons (Fsp3) is 0.167. The van der Waals surface area contributed by atoms with Crippen LogP contribution < -0.4 is 0 Å². The molecule has 0 N–H and O–H groups in total. The Morgan fingerprint density at radius 3 is 2.41 bits per heavy atom. The summed E-state index contributed by atoms with van der Waals surface area (Å²) in [7, 11) is 0. The molecule has 1 aromatic carbocycles. The summed E-state index contributed by atoms with van der Waals surface area (Å²) in [4.78, 5) is 8.72. The van der Waals surface area contributed by atoms with E-state index >= 15 is 0 Å². The van der Waals surface area contributed by atoms with E-state index in [0.29, 0.717) is 11.0 Å². The lowest BCUT2D eigenvalue weighted by Crippen LogP contribution is -1.96. The molecule has 0 amide bonds. The van der Waals surface area contributed by atoms with Crippen molar-refractivity contribution in [3.63, 3.8) is 0 Å². The molecule has 0 radical (unpaired) electrons. The van der Waals surface area contributed by atoms with Crippen molar-refractivity contribution in [1.29, 1.82) is 0 Å². The lowest BCUT2D eigenvalue weighted by atomic mass is 10.1. The molecule has 0 unspecified atom stereocenters. The SMILES string of the molecule is Cc1cc(Br)ccc1-c1nc(C)c(Br)c(Cl)n1. The Morgan fingerprint density at radius 1 is 1.12 bits per heavy atom. The minimum atomic E-state index is 0.440. The Labute approximate surface area is 122 Å². The first-order chi connectivity index (χ1) is 7.99. The average molecular weight is 376 g/mol. The van der Waals surface area contributed by atoms with Crippen molar-refractivity contribution in [3.05, 3.63) is 43.6 Å². The van der Waals surface area contributed by atoms with Crippen LogP contribution in [-0.2, 0) is 0 Å². The van der Waals surface area contributed by atoms with Gasteiger partial charge < -0.3 is 0 Å². The second kappa shape index (κ2) is 5.04. The smallest absolute Gasteiger partial charge is 0.161 e. The van der Waals surface area contributed by atoms with Gasteiger partial charge in [0.25, 0.3) is 0 Å². The van der Waals surface area contributed by atoms with Crippen LogP contribution in [0.25, 0.3) is 11.4 Å². The second-order valence-electron chi connectivity index (χ2n) is 3.70. The molecule has 1 heterocycles. The summed E-state index contributed by atoms with van der Waals surface area (Å²) in [5, 5.41) is 0.440. The molecule has 0 aliphatic heterocycles. The Morgan fingerprint density at radius 2 is 1.82 bits per heavy atom. The molecule has 2 rings (SSSR count). The van der Waals surface area contributed by atoms with Gasteiger partial charge in [-0.05, 0) is 53.5 Å². The van der Waals surface area contributed by atoms with Crippen molar-refractivity contribution in [1.82, 2.24) is 9.97 Å². The highest BCUT2D eigenvalue weighted by atomic mass is 79.9. The van der Waals surface area contributed by atoms with Crippen LogP contribution in [0.4, 0.5) is 0 Å². The molecule has 0 aliphatic rings. The molecule has 1 aromatic heterocycles. The van der Waals surface area contributed by atoms with E-state index in [9.17, 15) is 0 Å². The zero-order valence-corrected chi connectivity index (χ0v) is 13.2. The van der Waals surface area contributed by atoms with Crippen LogP contribution in [0.15, 0.2) is 27.1 Å². The van der Waals surface area contributed by atoms with Gasteiger partial charge in [0.2, 0.25) is 0 Å². The van der Waals surface area contributed by atoms with Gasteiger partial charge in [0.05, 0.1) is 10.2 Å². The predicted molar refractivity (Wildman–Crippen MR) is 77.4 cm³/mol. The first-order valence-corrected chi connectivity index (χ1v) is 6.91. The van der Waals surface area contributed by atoms with Crippen molar-refractivity contribution < 1.29 is 0 Å². The van der Waals surface area contributed by atoms with E-state index in [0.717, 1.165) is 25.8 Å². The minimum Gasteiger partial charge on any atom is -0.232 e. The molecule has 2 nitrogen and oxygen atoms in total. The van der Waals surface area contributed by atoms with Gasteiger partial charge in [-0.15, -0.1) is 0 Å². The van der Waals surface area contributed by atoms with Gasteiger partial charge in [0, 0.05) is 10.0 Å². The van der Waals surface area contributed by atoms with Crippen LogP contribution in [0.1, 0.15) is 11.3 Å². The standard InChI is InChI=1S/C12H9Br2ClN2/c1-6-5-8(13)3-4-9(6)12-16-7(2)10(14)11(15)17-12/h3-5H,1-2H3. The van der Waals surface area contributed by atoms with Gasteiger partial charge in [0.1, 0.15) is 5.15 Å². The van der Waals surface area contributed by atoms with E-state index in [4.69, 9.17) is 11.6 Å². The minimum absolute atomic E-state index is 0.440. The molecule has 0 spiro atoms. The first kappa shape index (κ1) is 13.0. The fourth-order valence-corrected chi connectivity index (χ4v) is 2.39. The van der Waals surface area contributed by atoms with Crippen LogP contribution in [0, 0.1) is 13.8 Å². The molecule has 0 aliphatic carbocycles. The topological polar surface area (TPSA) is 25.8 Å². The van der Waals surface area contributed by atoms with E-state index in [2.05, 4.69) is 41.8 Å². The fourth-order valence-electron chi connectivity index (χ4n) is 1.52. The molecule has 0 fully saturated rings. The van der Waals surface area contributed by atoms with Crippen molar-refractivity contribution in [2.45, 2.75) is 13.8 Å². The Balaban J connectivity index is 2.61. The lowest BCUT2D eigenvalue weighted by Gasteiger charge is -2.07. The molecule has 17 heavy (non-hydrogen) atoms. The third kappa shape index (κ3) is 2.69. The van der Waals surface area contributed by atoms with Crippen LogP contribution in [0.3, 0.4) is 0 Å². The molecular weight excluding hydrogens is 367 g/mol. The number of aryl methyl sites for hydroxylation is 2. The highest BCUT2D eigenvalue weighted by molar-refractivity contribution is 9.10. The summed E-state index contributed by atoms with van der Waals surface area (Å²) in [5.41, 5.74) is 2.94. The summed E-state index contributed by atoms with van der Waals surface area (Å²) in [6.07, 6.45) is 0. The first-order valence-electron chi connectivity index (χ1n) is 4.95. The van der Waals surface area contributed by atoms with Crippen molar-refractivity contribution in [2.75, 3.05) is 0 Å². The number of nitrogens with zero attached hydrogens (tertiary/aromatic N) is 2. The maximum absolute atomic E-state index is 6.05. The monoisotopic (exact) mass is 374 g/mol. The Bertz CT molecular complexity index is 562. The lowest BCUT2D eigenvalue weighted by molar-refractivity contribution is 1.09. The third-order valence-electron chi connectivity index (χ3n) is 2.41. The van der Waals surface area contributed by atoms with E-state index < -0.39 is 0 Å². The van der Waals surface area contributed by atoms with Gasteiger partial charge in [-0.3, -0.25) is 0 Å². The number of rotatable bonds is 1. The van der Waals surface area contributed by atoms with Gasteiger partial charge >= 0.3 is 0 Å². The van der Waals surface area contributed by atoms with Gasteiger partial charge in [-0.2, -0.15) is 0 Å². The van der Waals surface area contributed by atoms with Crippen LogP contribution in [-0.4, -0.2) is 9.97 Å². The predicted octanol–water partition coefficient (Wildman–Crippen LogP) is 4.94. The van der Waals surface area contributed by atoms with Crippen LogP contribution in [0.5, 0.6) is 0 Å². The van der Waals surface area contributed by atoms with Crippen molar-refractivity contribution in [3.8, 4) is 11.4 Å². The van der Waals surface area contributed by atoms with E-state index in [-0.39, 0.29) is 0 Å². The van der Waals surface area contributed by atoms with Gasteiger partial charge in [-0.1, -0.05) is 27.5 Å². The molecule has 0 saturated carbocycles. The normalized spacial score (nSPS) is 10.6. The number of aromatic nitrogens is 2. The second-order valence-corrected chi connectivity index (χ2v) is 5.76. The summed E-state index contributed by atoms with van der Waals surface area (Å²) in [5.74, 6) is 0.653. The summed E-state index contributed by atoms with van der Waals surface area (Å²) in [6, 6.07) is 5.99. The zero-order valence-electron chi connectivity index (χ0n) is 9.26. The molecule has 0 atom stereocenters. The van der Waals surface area contributed by atoms with Crippen molar-refractivity contribution >= 4 is 43.5 Å².